The number of aliphatic hydroxyl groups is 1. The molecule has 0 fully saturated rings. The number of ether oxygens (including phenoxy) is 1. The van der Waals surface area contributed by atoms with Gasteiger partial charge < -0.3 is 20.1 Å². The number of carbonyl (C=O) groups is 2. The van der Waals surface area contributed by atoms with Gasteiger partial charge in [-0.25, -0.2) is 0 Å². The summed E-state index contributed by atoms with van der Waals surface area (Å²) in [6.45, 7) is 2.45. The SMILES string of the molecule is CCO[C@H](CNC(=O)c1ccccc1)[C@@H](O)CN(C)C(=O)c1ccccc1. The van der Waals surface area contributed by atoms with Crippen LogP contribution >= 0.6 is 0 Å². The first-order valence-corrected chi connectivity index (χ1v) is 8.96. The molecule has 0 aliphatic heterocycles. The molecule has 2 aromatic rings. The van der Waals surface area contributed by atoms with Crippen molar-refractivity contribution in [2.24, 2.45) is 0 Å². The summed E-state index contributed by atoms with van der Waals surface area (Å²) in [6, 6.07) is 17.7. The Morgan fingerprint density at radius 3 is 2.15 bits per heavy atom. The summed E-state index contributed by atoms with van der Waals surface area (Å²) >= 11 is 0. The van der Waals surface area contributed by atoms with Crippen molar-refractivity contribution in [1.29, 1.82) is 0 Å². The van der Waals surface area contributed by atoms with Gasteiger partial charge in [-0.3, -0.25) is 9.59 Å². The molecule has 144 valence electrons. The van der Waals surface area contributed by atoms with Crippen molar-refractivity contribution in [3.05, 3.63) is 71.8 Å². The van der Waals surface area contributed by atoms with E-state index in [2.05, 4.69) is 5.32 Å². The van der Waals surface area contributed by atoms with Crippen molar-refractivity contribution in [2.75, 3.05) is 26.7 Å². The summed E-state index contributed by atoms with van der Waals surface area (Å²) in [4.78, 5) is 26.0. The van der Waals surface area contributed by atoms with Crippen molar-refractivity contribution >= 4 is 11.8 Å². The van der Waals surface area contributed by atoms with E-state index < -0.39 is 12.2 Å². The minimum absolute atomic E-state index is 0.0968. The van der Waals surface area contributed by atoms with Crippen LogP contribution < -0.4 is 5.32 Å². The second-order valence-corrected chi connectivity index (χ2v) is 6.19. The largest absolute Gasteiger partial charge is 0.388 e. The van der Waals surface area contributed by atoms with Crippen molar-refractivity contribution in [3.63, 3.8) is 0 Å². The lowest BCUT2D eigenvalue weighted by molar-refractivity contribution is -0.0386. The van der Waals surface area contributed by atoms with Crippen LogP contribution in [0.25, 0.3) is 0 Å². The lowest BCUT2D eigenvalue weighted by atomic mass is 10.1. The van der Waals surface area contributed by atoms with Crippen LogP contribution in [0.3, 0.4) is 0 Å². The number of nitrogens with one attached hydrogen (secondary N) is 1. The molecule has 0 aromatic heterocycles. The van der Waals surface area contributed by atoms with Gasteiger partial charge in [-0.1, -0.05) is 36.4 Å². The lowest BCUT2D eigenvalue weighted by Gasteiger charge is -2.27. The van der Waals surface area contributed by atoms with Crippen LogP contribution in [0.15, 0.2) is 60.7 Å². The Morgan fingerprint density at radius 1 is 1.04 bits per heavy atom. The third kappa shape index (κ3) is 6.20. The Hall–Kier alpha value is -2.70. The van der Waals surface area contributed by atoms with Crippen LogP contribution in [0.4, 0.5) is 0 Å². The lowest BCUT2D eigenvalue weighted by Crippen LogP contribution is -2.46. The van der Waals surface area contributed by atoms with E-state index in [1.54, 1.807) is 55.6 Å². The molecule has 2 N–H and O–H groups in total. The van der Waals surface area contributed by atoms with Crippen LogP contribution in [-0.2, 0) is 4.74 Å². The van der Waals surface area contributed by atoms with Crippen molar-refractivity contribution in [2.45, 2.75) is 19.1 Å². The molecule has 0 saturated heterocycles. The second-order valence-electron chi connectivity index (χ2n) is 6.19. The molecule has 2 rings (SSSR count). The fourth-order valence-electron chi connectivity index (χ4n) is 2.69. The Labute approximate surface area is 159 Å². The molecule has 0 heterocycles. The molecule has 6 nitrogen and oxygen atoms in total. The maximum Gasteiger partial charge on any atom is 0.253 e. The number of benzene rings is 2. The molecule has 0 spiro atoms. The van der Waals surface area contributed by atoms with Gasteiger partial charge in [0.1, 0.15) is 6.10 Å². The zero-order valence-electron chi connectivity index (χ0n) is 15.7. The Balaban J connectivity index is 1.92. The molecule has 0 aliphatic rings. The first kappa shape index (κ1) is 20.6. The van der Waals surface area contributed by atoms with Crippen LogP contribution in [0.1, 0.15) is 27.6 Å². The van der Waals surface area contributed by atoms with Gasteiger partial charge in [-0.05, 0) is 31.2 Å². The maximum atomic E-state index is 12.4. The molecule has 0 radical (unpaired) electrons. The molecule has 0 saturated carbocycles. The average molecular weight is 370 g/mol. The summed E-state index contributed by atoms with van der Waals surface area (Å²) in [5.74, 6) is -0.417. The Kier molecular flexibility index (Phi) is 7.98. The smallest absolute Gasteiger partial charge is 0.253 e. The average Bonchev–Trinajstić information content (AvgIpc) is 2.71. The van der Waals surface area contributed by atoms with Crippen molar-refractivity contribution in [3.8, 4) is 0 Å². The zero-order valence-corrected chi connectivity index (χ0v) is 15.7. The van der Waals surface area contributed by atoms with Gasteiger partial charge in [0.2, 0.25) is 0 Å². The molecule has 0 aliphatic carbocycles. The number of nitrogens with zero attached hydrogens (tertiary/aromatic N) is 1. The van der Waals surface area contributed by atoms with Gasteiger partial charge >= 0.3 is 0 Å². The summed E-state index contributed by atoms with van der Waals surface area (Å²) in [5, 5.41) is 13.3. The zero-order chi connectivity index (χ0) is 19.6. The molecular weight excluding hydrogens is 344 g/mol. The highest BCUT2D eigenvalue weighted by Gasteiger charge is 2.24. The number of amides is 2. The predicted octanol–water partition coefficient (Wildman–Crippen LogP) is 1.95. The second kappa shape index (κ2) is 10.4. The molecule has 2 aromatic carbocycles. The topological polar surface area (TPSA) is 78.9 Å². The van der Waals surface area contributed by atoms with E-state index in [4.69, 9.17) is 4.74 Å². The van der Waals surface area contributed by atoms with Gasteiger partial charge in [0.05, 0.1) is 6.10 Å². The van der Waals surface area contributed by atoms with Gasteiger partial charge in [-0.15, -0.1) is 0 Å². The molecule has 27 heavy (non-hydrogen) atoms. The number of hydrogen-bond donors (Lipinski definition) is 2. The number of hydrogen-bond acceptors (Lipinski definition) is 4. The maximum absolute atomic E-state index is 12.4. The van der Waals surface area contributed by atoms with E-state index in [9.17, 15) is 14.7 Å². The number of rotatable bonds is 9. The van der Waals surface area contributed by atoms with Gasteiger partial charge in [-0.2, -0.15) is 0 Å². The van der Waals surface area contributed by atoms with E-state index in [0.717, 1.165) is 0 Å². The molecule has 2 amide bonds. The normalized spacial score (nSPS) is 12.9. The molecule has 2 atom stereocenters. The monoisotopic (exact) mass is 370 g/mol. The Bertz CT molecular complexity index is 721. The van der Waals surface area contributed by atoms with Gasteiger partial charge in [0, 0.05) is 37.9 Å². The summed E-state index contributed by atoms with van der Waals surface area (Å²) < 4.78 is 5.57. The predicted molar refractivity (Wildman–Crippen MR) is 104 cm³/mol. The van der Waals surface area contributed by atoms with Crippen molar-refractivity contribution < 1.29 is 19.4 Å². The van der Waals surface area contributed by atoms with Crippen molar-refractivity contribution in [1.82, 2.24) is 10.2 Å². The minimum Gasteiger partial charge on any atom is -0.388 e. The van der Waals surface area contributed by atoms with Crippen LogP contribution in [0.5, 0.6) is 0 Å². The van der Waals surface area contributed by atoms with Gasteiger partial charge in [0.25, 0.3) is 11.8 Å². The first-order valence-electron chi connectivity index (χ1n) is 8.96. The van der Waals surface area contributed by atoms with E-state index in [-0.39, 0.29) is 24.9 Å². The number of likely N-dealkylation sites (N-methyl/N-ethyl adjacent to an activating group) is 1. The van der Waals surface area contributed by atoms with Crippen LogP contribution in [0.2, 0.25) is 0 Å². The molecule has 0 bridgehead atoms. The quantitative estimate of drug-likeness (QED) is 0.707. The molecule has 0 unspecified atom stereocenters. The Morgan fingerprint density at radius 2 is 1.59 bits per heavy atom. The fourth-order valence-corrected chi connectivity index (χ4v) is 2.69. The fraction of sp³-hybridized carbons (Fsp3) is 0.333. The highest BCUT2D eigenvalue weighted by molar-refractivity contribution is 5.94. The van der Waals surface area contributed by atoms with E-state index in [1.165, 1.54) is 4.90 Å². The summed E-state index contributed by atoms with van der Waals surface area (Å²) in [5.41, 5.74) is 1.09. The highest BCUT2D eigenvalue weighted by atomic mass is 16.5. The summed E-state index contributed by atoms with van der Waals surface area (Å²) in [7, 11) is 1.63. The van der Waals surface area contributed by atoms with Gasteiger partial charge in [0.15, 0.2) is 0 Å². The van der Waals surface area contributed by atoms with Crippen LogP contribution in [-0.4, -0.2) is 60.8 Å². The standard InChI is InChI=1S/C21H26N2O4/c1-3-27-19(14-22-20(25)16-10-6-4-7-11-16)18(24)15-23(2)21(26)17-12-8-5-9-13-17/h4-13,18-19,24H,3,14-15H2,1-2H3,(H,22,25)/t18-,19+/m0/s1. The molecular formula is C21H26N2O4. The highest BCUT2D eigenvalue weighted by Crippen LogP contribution is 2.07. The van der Waals surface area contributed by atoms with E-state index in [1.807, 2.05) is 19.1 Å². The third-order valence-corrected chi connectivity index (χ3v) is 4.14. The van der Waals surface area contributed by atoms with E-state index >= 15 is 0 Å². The number of carbonyl (C=O) groups excluding carboxylic acids is 2. The van der Waals surface area contributed by atoms with Crippen LogP contribution in [0, 0.1) is 0 Å². The third-order valence-electron chi connectivity index (χ3n) is 4.14. The first-order chi connectivity index (χ1) is 13.0. The minimum atomic E-state index is -0.932. The summed E-state index contributed by atoms with van der Waals surface area (Å²) in [6.07, 6.45) is -1.55. The van der Waals surface area contributed by atoms with E-state index in [0.29, 0.717) is 17.7 Å². The molecule has 6 heteroatoms. The number of aliphatic hydroxyl groups excluding tert-OH is 1.